The van der Waals surface area contributed by atoms with E-state index in [-0.39, 0.29) is 28.6 Å². The van der Waals surface area contributed by atoms with Crippen molar-refractivity contribution in [2.75, 3.05) is 17.7 Å². The third kappa shape index (κ3) is 5.14. The van der Waals surface area contributed by atoms with Crippen LogP contribution in [0.2, 0.25) is 0 Å². The number of sulfone groups is 1. The number of amides is 1. The summed E-state index contributed by atoms with van der Waals surface area (Å²) in [5.74, 6) is -1.07. The standard InChI is InChI=1S/C20H24FNO4S/c1-4-20(3,12-23)13-27(25,26)17-7-5-6-15(11-17)19(24)22-16-8-9-18(21)14(2)10-16/h5-11,23H,4,12-13H2,1-3H3,(H,22,24). The van der Waals surface area contributed by atoms with Gasteiger partial charge in [0, 0.05) is 23.3 Å². The Labute approximate surface area is 159 Å². The molecule has 1 amide bonds. The van der Waals surface area contributed by atoms with Crippen LogP contribution in [0.4, 0.5) is 10.1 Å². The number of hydrogen-bond donors (Lipinski definition) is 2. The van der Waals surface area contributed by atoms with Crippen molar-refractivity contribution in [2.24, 2.45) is 5.41 Å². The van der Waals surface area contributed by atoms with Gasteiger partial charge in [0.2, 0.25) is 0 Å². The summed E-state index contributed by atoms with van der Waals surface area (Å²) in [6, 6.07) is 9.95. The molecule has 0 saturated heterocycles. The van der Waals surface area contributed by atoms with Gasteiger partial charge in [0.15, 0.2) is 9.84 Å². The van der Waals surface area contributed by atoms with Gasteiger partial charge in [-0.2, -0.15) is 0 Å². The quantitative estimate of drug-likeness (QED) is 0.753. The highest BCUT2D eigenvalue weighted by Crippen LogP contribution is 2.26. The van der Waals surface area contributed by atoms with Crippen LogP contribution in [0.1, 0.15) is 36.2 Å². The second-order valence-electron chi connectivity index (χ2n) is 7.03. The number of halogens is 1. The van der Waals surface area contributed by atoms with E-state index in [2.05, 4.69) is 5.32 Å². The molecule has 0 aliphatic rings. The van der Waals surface area contributed by atoms with E-state index in [0.717, 1.165) is 0 Å². The minimum Gasteiger partial charge on any atom is -0.396 e. The maximum Gasteiger partial charge on any atom is 0.255 e. The van der Waals surface area contributed by atoms with Crippen LogP contribution in [0.3, 0.4) is 0 Å². The van der Waals surface area contributed by atoms with E-state index in [1.807, 2.05) is 6.92 Å². The number of aliphatic hydroxyl groups is 1. The molecule has 0 heterocycles. The van der Waals surface area contributed by atoms with Gasteiger partial charge < -0.3 is 10.4 Å². The molecule has 2 N–H and O–H groups in total. The van der Waals surface area contributed by atoms with Crippen LogP contribution in [0.5, 0.6) is 0 Å². The lowest BCUT2D eigenvalue weighted by atomic mass is 9.91. The first kappa shape index (κ1) is 21.1. The minimum atomic E-state index is -3.67. The molecule has 5 nitrogen and oxygen atoms in total. The van der Waals surface area contributed by atoms with Crippen LogP contribution in [-0.4, -0.2) is 31.8 Å². The smallest absolute Gasteiger partial charge is 0.255 e. The predicted octanol–water partition coefficient (Wildman–Crippen LogP) is 3.57. The van der Waals surface area contributed by atoms with E-state index in [1.54, 1.807) is 13.8 Å². The van der Waals surface area contributed by atoms with Crippen molar-refractivity contribution >= 4 is 21.4 Å². The van der Waals surface area contributed by atoms with Crippen molar-refractivity contribution in [3.63, 3.8) is 0 Å². The topological polar surface area (TPSA) is 83.5 Å². The molecule has 2 aromatic rings. The number of nitrogens with one attached hydrogen (secondary N) is 1. The molecule has 1 unspecified atom stereocenters. The summed E-state index contributed by atoms with van der Waals surface area (Å²) < 4.78 is 38.7. The summed E-state index contributed by atoms with van der Waals surface area (Å²) in [6.07, 6.45) is 0.507. The Bertz CT molecular complexity index is 937. The lowest BCUT2D eigenvalue weighted by Gasteiger charge is -2.25. The number of rotatable bonds is 7. The van der Waals surface area contributed by atoms with Crippen molar-refractivity contribution in [3.05, 3.63) is 59.4 Å². The first-order valence-electron chi connectivity index (χ1n) is 8.61. The predicted molar refractivity (Wildman–Crippen MR) is 103 cm³/mol. The average molecular weight is 393 g/mol. The zero-order valence-electron chi connectivity index (χ0n) is 15.6. The number of aliphatic hydroxyl groups excluding tert-OH is 1. The van der Waals surface area contributed by atoms with Crippen molar-refractivity contribution in [1.82, 2.24) is 0 Å². The van der Waals surface area contributed by atoms with Crippen molar-refractivity contribution < 1.29 is 22.7 Å². The van der Waals surface area contributed by atoms with E-state index in [9.17, 15) is 22.7 Å². The fourth-order valence-corrected chi connectivity index (χ4v) is 4.53. The second-order valence-corrected chi connectivity index (χ2v) is 9.02. The summed E-state index contributed by atoms with van der Waals surface area (Å²) in [5, 5.41) is 12.1. The van der Waals surface area contributed by atoms with Crippen LogP contribution >= 0.6 is 0 Å². The Hall–Kier alpha value is -2.25. The molecule has 2 aromatic carbocycles. The molecule has 0 bridgehead atoms. The second kappa shape index (κ2) is 8.19. The van der Waals surface area contributed by atoms with E-state index >= 15 is 0 Å². The van der Waals surface area contributed by atoms with Crippen molar-refractivity contribution in [1.29, 1.82) is 0 Å². The molecule has 0 radical (unpaired) electrons. The van der Waals surface area contributed by atoms with Crippen LogP contribution in [0.25, 0.3) is 0 Å². The van der Waals surface area contributed by atoms with Gasteiger partial charge in [-0.25, -0.2) is 12.8 Å². The van der Waals surface area contributed by atoms with Crippen LogP contribution in [0.15, 0.2) is 47.4 Å². The molecule has 27 heavy (non-hydrogen) atoms. The highest BCUT2D eigenvalue weighted by atomic mass is 32.2. The number of aryl methyl sites for hydroxylation is 1. The molecule has 0 aliphatic carbocycles. The van der Waals surface area contributed by atoms with E-state index in [4.69, 9.17) is 0 Å². The third-order valence-corrected chi connectivity index (χ3v) is 6.69. The SMILES string of the molecule is CCC(C)(CO)CS(=O)(=O)c1cccc(C(=O)Nc2ccc(F)c(C)c2)c1. The van der Waals surface area contributed by atoms with E-state index in [0.29, 0.717) is 17.7 Å². The summed E-state index contributed by atoms with van der Waals surface area (Å²) in [7, 11) is -3.67. The molecule has 0 fully saturated rings. The molecule has 7 heteroatoms. The highest BCUT2D eigenvalue weighted by Gasteiger charge is 2.30. The molecular formula is C20H24FNO4S. The monoisotopic (exact) mass is 393 g/mol. The molecular weight excluding hydrogens is 369 g/mol. The summed E-state index contributed by atoms with van der Waals surface area (Å²) in [4.78, 5) is 12.5. The fraction of sp³-hybridized carbons (Fsp3) is 0.350. The lowest BCUT2D eigenvalue weighted by molar-refractivity contribution is 0.102. The highest BCUT2D eigenvalue weighted by molar-refractivity contribution is 7.91. The number of hydrogen-bond acceptors (Lipinski definition) is 4. The number of anilines is 1. The van der Waals surface area contributed by atoms with Gasteiger partial charge >= 0.3 is 0 Å². The van der Waals surface area contributed by atoms with E-state index < -0.39 is 21.2 Å². The maximum absolute atomic E-state index is 13.3. The molecule has 0 saturated carbocycles. The number of benzene rings is 2. The first-order chi connectivity index (χ1) is 12.6. The number of carbonyl (C=O) groups excluding carboxylic acids is 1. The summed E-state index contributed by atoms with van der Waals surface area (Å²) in [6.45, 7) is 4.87. The zero-order valence-corrected chi connectivity index (χ0v) is 16.4. The largest absolute Gasteiger partial charge is 0.396 e. The average Bonchev–Trinajstić information content (AvgIpc) is 2.64. The molecule has 0 spiro atoms. The molecule has 0 aliphatic heterocycles. The lowest BCUT2D eigenvalue weighted by Crippen LogP contribution is -2.30. The fourth-order valence-electron chi connectivity index (χ4n) is 2.56. The molecule has 2 rings (SSSR count). The van der Waals surface area contributed by atoms with Crippen molar-refractivity contribution in [3.8, 4) is 0 Å². The van der Waals surface area contributed by atoms with Gasteiger partial charge in [0.1, 0.15) is 5.82 Å². The van der Waals surface area contributed by atoms with Gasteiger partial charge in [0.25, 0.3) is 5.91 Å². The normalized spacial score (nSPS) is 13.8. The van der Waals surface area contributed by atoms with Crippen LogP contribution in [-0.2, 0) is 9.84 Å². The van der Waals surface area contributed by atoms with Gasteiger partial charge in [0.05, 0.1) is 10.6 Å². The van der Waals surface area contributed by atoms with Crippen LogP contribution < -0.4 is 5.32 Å². The van der Waals surface area contributed by atoms with Crippen LogP contribution in [0, 0.1) is 18.2 Å². The van der Waals surface area contributed by atoms with E-state index in [1.165, 1.54) is 42.5 Å². The van der Waals surface area contributed by atoms with Crippen molar-refractivity contribution in [2.45, 2.75) is 32.1 Å². The number of carbonyl (C=O) groups is 1. The summed E-state index contributed by atoms with van der Waals surface area (Å²) in [5.41, 5.74) is 0.251. The molecule has 146 valence electrons. The minimum absolute atomic E-state index is 0.0264. The van der Waals surface area contributed by atoms with Gasteiger partial charge in [-0.3, -0.25) is 4.79 Å². The Morgan fingerprint density at radius 3 is 2.52 bits per heavy atom. The molecule has 1 atom stereocenters. The zero-order chi connectivity index (χ0) is 20.2. The maximum atomic E-state index is 13.3. The Kier molecular flexibility index (Phi) is 6.38. The Balaban J connectivity index is 2.25. The van der Waals surface area contributed by atoms with Gasteiger partial charge in [-0.05, 0) is 55.3 Å². The Morgan fingerprint density at radius 1 is 1.22 bits per heavy atom. The van der Waals surface area contributed by atoms with Gasteiger partial charge in [-0.1, -0.05) is 19.9 Å². The first-order valence-corrected chi connectivity index (χ1v) is 10.3. The third-order valence-electron chi connectivity index (χ3n) is 4.64. The Morgan fingerprint density at radius 2 is 1.93 bits per heavy atom. The molecule has 0 aromatic heterocycles. The van der Waals surface area contributed by atoms with Gasteiger partial charge in [-0.15, -0.1) is 0 Å². The summed E-state index contributed by atoms with van der Waals surface area (Å²) >= 11 is 0.